The molecule has 0 aromatic rings. The van der Waals surface area contributed by atoms with Crippen LogP contribution in [0.4, 0.5) is 0 Å². The van der Waals surface area contributed by atoms with Gasteiger partial charge in [-0.15, -0.1) is 0 Å². The van der Waals surface area contributed by atoms with Gasteiger partial charge in [-0.25, -0.2) is 0 Å². The molecule has 0 spiro atoms. The van der Waals surface area contributed by atoms with Crippen molar-refractivity contribution in [2.24, 2.45) is 11.8 Å². The van der Waals surface area contributed by atoms with Crippen molar-refractivity contribution < 1.29 is 9.53 Å². The van der Waals surface area contributed by atoms with Gasteiger partial charge in [-0.05, 0) is 24.7 Å². The van der Waals surface area contributed by atoms with Crippen LogP contribution in [-0.4, -0.2) is 12.6 Å². The Balaban J connectivity index is 3.16. The number of carbonyl (C=O) groups is 1. The Hall–Kier alpha value is -0.530. The van der Waals surface area contributed by atoms with Crippen LogP contribution < -0.4 is 0 Å². The molecule has 0 rings (SSSR count). The Labute approximate surface area is 209 Å². The monoisotopic (exact) mass is 466 g/mol. The van der Waals surface area contributed by atoms with Crippen LogP contribution in [0.5, 0.6) is 0 Å². The van der Waals surface area contributed by atoms with Crippen molar-refractivity contribution in [2.75, 3.05) is 6.61 Å². The molecule has 0 fully saturated rings. The van der Waals surface area contributed by atoms with Gasteiger partial charge in [-0.3, -0.25) is 4.79 Å². The first-order valence-corrected chi connectivity index (χ1v) is 15.2. The van der Waals surface area contributed by atoms with Crippen LogP contribution in [-0.2, 0) is 9.53 Å². The van der Waals surface area contributed by atoms with Gasteiger partial charge in [0, 0.05) is 6.42 Å². The van der Waals surface area contributed by atoms with E-state index in [2.05, 4.69) is 27.7 Å². The average molecular weight is 467 g/mol. The predicted octanol–water partition coefficient (Wildman–Crippen LogP) is 10.8. The number of ether oxygens (including phenoxy) is 1. The number of carbonyl (C=O) groups excluding carboxylic acids is 1. The van der Waals surface area contributed by atoms with Gasteiger partial charge in [-0.2, -0.15) is 0 Å². The molecule has 0 atom stereocenters. The number of hydrogen-bond donors (Lipinski definition) is 0. The van der Waals surface area contributed by atoms with Gasteiger partial charge in [0.1, 0.15) is 0 Å². The van der Waals surface area contributed by atoms with E-state index < -0.39 is 0 Å². The van der Waals surface area contributed by atoms with Crippen molar-refractivity contribution in [3.05, 3.63) is 0 Å². The van der Waals surface area contributed by atoms with E-state index in [1.165, 1.54) is 128 Å². The van der Waals surface area contributed by atoms with Gasteiger partial charge >= 0.3 is 5.97 Å². The molecule has 0 saturated carbocycles. The maximum Gasteiger partial charge on any atom is 0.305 e. The minimum Gasteiger partial charge on any atom is -0.466 e. The van der Waals surface area contributed by atoms with E-state index in [4.69, 9.17) is 4.74 Å². The van der Waals surface area contributed by atoms with E-state index >= 15 is 0 Å². The molecule has 0 bridgehead atoms. The molecule has 0 aromatic carbocycles. The van der Waals surface area contributed by atoms with Gasteiger partial charge in [0.2, 0.25) is 0 Å². The minimum atomic E-state index is 0.0221. The van der Waals surface area contributed by atoms with E-state index in [9.17, 15) is 4.79 Å². The first-order chi connectivity index (χ1) is 16.0. The molecule has 0 N–H and O–H groups in total. The fourth-order valence-corrected chi connectivity index (χ4v) is 4.56. The van der Waals surface area contributed by atoms with Crippen LogP contribution in [0, 0.1) is 11.8 Å². The second kappa shape index (κ2) is 26.1. The molecule has 2 nitrogen and oxygen atoms in total. The average Bonchev–Trinajstić information content (AvgIpc) is 2.77. The topological polar surface area (TPSA) is 26.3 Å². The van der Waals surface area contributed by atoms with Crippen LogP contribution in [0.2, 0.25) is 0 Å². The second-order valence-corrected chi connectivity index (χ2v) is 11.4. The number of esters is 1. The Morgan fingerprint density at radius 2 is 0.758 bits per heavy atom. The summed E-state index contributed by atoms with van der Waals surface area (Å²) in [5, 5.41) is 0. The second-order valence-electron chi connectivity index (χ2n) is 11.4. The fraction of sp³-hybridized carbons (Fsp3) is 0.968. The molecule has 0 saturated heterocycles. The van der Waals surface area contributed by atoms with Crippen LogP contribution in [0.3, 0.4) is 0 Å². The molecular formula is C31H62O2. The Kier molecular flexibility index (Phi) is 25.7. The van der Waals surface area contributed by atoms with Crippen molar-refractivity contribution in [2.45, 2.75) is 175 Å². The Morgan fingerprint density at radius 3 is 1.12 bits per heavy atom. The summed E-state index contributed by atoms with van der Waals surface area (Å²) in [7, 11) is 0. The first-order valence-electron chi connectivity index (χ1n) is 15.2. The molecule has 0 aromatic heterocycles. The van der Waals surface area contributed by atoms with E-state index in [-0.39, 0.29) is 5.97 Å². The smallest absolute Gasteiger partial charge is 0.305 e. The number of rotatable bonds is 26. The van der Waals surface area contributed by atoms with E-state index in [1.807, 2.05) is 0 Å². The molecule has 33 heavy (non-hydrogen) atoms. The van der Waals surface area contributed by atoms with Crippen molar-refractivity contribution in [1.82, 2.24) is 0 Å². The van der Waals surface area contributed by atoms with Crippen LogP contribution in [0.15, 0.2) is 0 Å². The molecular weight excluding hydrogens is 404 g/mol. The fourth-order valence-electron chi connectivity index (χ4n) is 4.56. The van der Waals surface area contributed by atoms with Crippen molar-refractivity contribution in [3.63, 3.8) is 0 Å². The lowest BCUT2D eigenvalue weighted by molar-refractivity contribution is -0.143. The molecule has 2 heteroatoms. The Bertz CT molecular complexity index is 388. The van der Waals surface area contributed by atoms with Crippen molar-refractivity contribution in [3.8, 4) is 0 Å². The lowest BCUT2D eigenvalue weighted by atomic mass is 10.0. The molecule has 0 aliphatic heterocycles. The van der Waals surface area contributed by atoms with Gasteiger partial charge in [0.15, 0.2) is 0 Å². The zero-order chi connectivity index (χ0) is 24.4. The number of unbranched alkanes of at least 4 members (excludes halogenated alkanes) is 18. The lowest BCUT2D eigenvalue weighted by Crippen LogP contribution is -2.05. The van der Waals surface area contributed by atoms with Crippen LogP contribution in [0.1, 0.15) is 175 Å². The van der Waals surface area contributed by atoms with Crippen LogP contribution in [0.25, 0.3) is 0 Å². The summed E-state index contributed by atoms with van der Waals surface area (Å²) >= 11 is 0. The summed E-state index contributed by atoms with van der Waals surface area (Å²) < 4.78 is 5.41. The van der Waals surface area contributed by atoms with E-state index in [0.717, 1.165) is 24.7 Å². The van der Waals surface area contributed by atoms with Gasteiger partial charge in [0.05, 0.1) is 6.61 Å². The summed E-state index contributed by atoms with van der Waals surface area (Å²) in [4.78, 5) is 11.8. The summed E-state index contributed by atoms with van der Waals surface area (Å²) in [5.41, 5.74) is 0. The quantitative estimate of drug-likeness (QED) is 0.0935. The maximum atomic E-state index is 11.8. The van der Waals surface area contributed by atoms with Crippen molar-refractivity contribution >= 4 is 5.97 Å². The van der Waals surface area contributed by atoms with E-state index in [1.54, 1.807) is 0 Å². The highest BCUT2D eigenvalue weighted by Crippen LogP contribution is 2.15. The predicted molar refractivity (Wildman–Crippen MR) is 147 cm³/mol. The first kappa shape index (κ1) is 32.5. The maximum absolute atomic E-state index is 11.8. The van der Waals surface area contributed by atoms with Gasteiger partial charge in [0.25, 0.3) is 0 Å². The third-order valence-corrected chi connectivity index (χ3v) is 6.85. The molecule has 0 heterocycles. The zero-order valence-corrected chi connectivity index (χ0v) is 23.4. The summed E-state index contributed by atoms with van der Waals surface area (Å²) in [6.07, 6.45) is 29.9. The normalized spacial score (nSPS) is 11.6. The zero-order valence-electron chi connectivity index (χ0n) is 23.4. The summed E-state index contributed by atoms with van der Waals surface area (Å²) in [5.74, 6) is 1.75. The standard InChI is InChI=1S/C31H62O2/c1-29(2)25-21-17-13-9-6-5-7-11-15-19-23-27-31(32)33-28-24-20-16-12-8-10-14-18-22-26-30(3)4/h29-30H,5-28H2,1-4H3. The Morgan fingerprint density at radius 1 is 0.455 bits per heavy atom. The molecule has 0 aliphatic rings. The molecule has 198 valence electrons. The van der Waals surface area contributed by atoms with Gasteiger partial charge < -0.3 is 4.74 Å². The third-order valence-electron chi connectivity index (χ3n) is 6.85. The number of hydrogen-bond acceptors (Lipinski definition) is 2. The van der Waals surface area contributed by atoms with Gasteiger partial charge in [-0.1, -0.05) is 156 Å². The minimum absolute atomic E-state index is 0.0221. The highest BCUT2D eigenvalue weighted by Gasteiger charge is 2.03. The highest BCUT2D eigenvalue weighted by atomic mass is 16.5. The third kappa shape index (κ3) is 29.4. The molecule has 0 radical (unpaired) electrons. The largest absolute Gasteiger partial charge is 0.466 e. The molecule has 0 unspecified atom stereocenters. The summed E-state index contributed by atoms with van der Waals surface area (Å²) in [6.45, 7) is 9.91. The molecule has 0 aliphatic carbocycles. The molecule has 0 amide bonds. The van der Waals surface area contributed by atoms with E-state index in [0.29, 0.717) is 13.0 Å². The lowest BCUT2D eigenvalue weighted by Gasteiger charge is -2.06. The SMILES string of the molecule is CC(C)CCCCCCCCCCCCCC(=O)OCCCCCCCCCCCC(C)C. The summed E-state index contributed by atoms with van der Waals surface area (Å²) in [6, 6.07) is 0. The highest BCUT2D eigenvalue weighted by molar-refractivity contribution is 5.69. The van der Waals surface area contributed by atoms with Crippen LogP contribution >= 0.6 is 0 Å². The van der Waals surface area contributed by atoms with Crippen molar-refractivity contribution in [1.29, 1.82) is 0 Å².